The first-order valence-corrected chi connectivity index (χ1v) is 7.71. The Bertz CT molecular complexity index is 534. The Hall–Kier alpha value is -1.41. The minimum absolute atomic E-state index is 0.585. The van der Waals surface area contributed by atoms with Crippen LogP contribution in [0.15, 0.2) is 36.7 Å². The van der Waals surface area contributed by atoms with E-state index in [4.69, 9.17) is 0 Å². The maximum Gasteiger partial charge on any atom is 0.0346 e. The van der Waals surface area contributed by atoms with Gasteiger partial charge < -0.3 is 5.32 Å². The van der Waals surface area contributed by atoms with E-state index in [0.717, 1.165) is 12.5 Å². The van der Waals surface area contributed by atoms with Crippen LogP contribution in [0.2, 0.25) is 0 Å². The summed E-state index contributed by atoms with van der Waals surface area (Å²) >= 11 is 0. The number of nitrogens with one attached hydrogen (secondary N) is 1. The van der Waals surface area contributed by atoms with E-state index in [0.29, 0.717) is 6.04 Å². The van der Waals surface area contributed by atoms with Crippen molar-refractivity contribution in [3.05, 3.63) is 42.2 Å². The second kappa shape index (κ2) is 7.39. The Morgan fingerprint density at radius 1 is 1.05 bits per heavy atom. The zero-order valence-electron chi connectivity index (χ0n) is 12.9. The topological polar surface area (TPSA) is 24.9 Å². The minimum Gasteiger partial charge on any atom is -0.310 e. The van der Waals surface area contributed by atoms with Crippen LogP contribution < -0.4 is 5.32 Å². The van der Waals surface area contributed by atoms with E-state index in [2.05, 4.69) is 55.3 Å². The summed E-state index contributed by atoms with van der Waals surface area (Å²) < 4.78 is 0. The molecule has 0 radical (unpaired) electrons. The van der Waals surface area contributed by atoms with E-state index in [1.807, 2.05) is 12.4 Å². The maximum atomic E-state index is 4.15. The number of hydrogen-bond acceptors (Lipinski definition) is 2. The number of fused-ring (bicyclic) bond motifs is 1. The van der Waals surface area contributed by atoms with Crippen LogP contribution in [0.3, 0.4) is 0 Å². The van der Waals surface area contributed by atoms with Gasteiger partial charge in [0.1, 0.15) is 0 Å². The lowest BCUT2D eigenvalue weighted by molar-refractivity contribution is 0.457. The van der Waals surface area contributed by atoms with Gasteiger partial charge in [-0.05, 0) is 42.3 Å². The second-order valence-corrected chi connectivity index (χ2v) is 6.16. The van der Waals surface area contributed by atoms with E-state index in [9.17, 15) is 0 Å². The van der Waals surface area contributed by atoms with Gasteiger partial charge in [-0.2, -0.15) is 0 Å². The summed E-state index contributed by atoms with van der Waals surface area (Å²) in [5.74, 6) is 0.816. The molecule has 2 nitrogen and oxygen atoms in total. The molecular formula is C18H26N2. The normalized spacial score (nSPS) is 13.0. The monoisotopic (exact) mass is 270 g/mol. The summed E-state index contributed by atoms with van der Waals surface area (Å²) in [6.07, 6.45) is 7.68. The molecule has 2 rings (SSSR count). The summed E-state index contributed by atoms with van der Waals surface area (Å²) in [7, 11) is 0. The molecule has 0 amide bonds. The van der Waals surface area contributed by atoms with E-state index in [-0.39, 0.29) is 0 Å². The molecular weight excluding hydrogens is 244 g/mol. The van der Waals surface area contributed by atoms with Crippen LogP contribution in [0.25, 0.3) is 10.8 Å². The van der Waals surface area contributed by atoms with Crippen molar-refractivity contribution < 1.29 is 0 Å². The van der Waals surface area contributed by atoms with Gasteiger partial charge in [-0.15, -0.1) is 0 Å². The highest BCUT2D eigenvalue weighted by Gasteiger charge is 2.03. The van der Waals surface area contributed by atoms with Gasteiger partial charge in [-0.25, -0.2) is 0 Å². The lowest BCUT2D eigenvalue weighted by atomic mass is 10.0. The molecule has 1 aromatic carbocycles. The molecule has 0 fully saturated rings. The molecule has 2 aromatic rings. The average Bonchev–Trinajstić information content (AvgIpc) is 2.44. The molecule has 0 bridgehead atoms. The van der Waals surface area contributed by atoms with E-state index in [1.165, 1.54) is 35.6 Å². The molecule has 0 aliphatic carbocycles. The number of rotatable bonds is 7. The highest BCUT2D eigenvalue weighted by molar-refractivity contribution is 5.81. The Morgan fingerprint density at radius 3 is 2.70 bits per heavy atom. The van der Waals surface area contributed by atoms with Crippen LogP contribution in [0.4, 0.5) is 0 Å². The van der Waals surface area contributed by atoms with Gasteiger partial charge in [0.2, 0.25) is 0 Å². The molecule has 0 aliphatic rings. The van der Waals surface area contributed by atoms with Gasteiger partial charge in [-0.3, -0.25) is 4.98 Å². The average molecular weight is 270 g/mol. The lowest BCUT2D eigenvalue weighted by Crippen LogP contribution is -2.25. The summed E-state index contributed by atoms with van der Waals surface area (Å²) in [5, 5.41) is 6.10. The third-order valence-electron chi connectivity index (χ3n) is 3.78. The molecule has 108 valence electrons. The van der Waals surface area contributed by atoms with Crippen LogP contribution in [-0.4, -0.2) is 11.0 Å². The van der Waals surface area contributed by atoms with Crippen molar-refractivity contribution in [2.75, 3.05) is 0 Å². The van der Waals surface area contributed by atoms with Gasteiger partial charge in [0.15, 0.2) is 0 Å². The van der Waals surface area contributed by atoms with Crippen molar-refractivity contribution in [2.45, 2.75) is 52.6 Å². The van der Waals surface area contributed by atoms with E-state index >= 15 is 0 Å². The molecule has 2 heteroatoms. The molecule has 0 saturated carbocycles. The number of pyridine rings is 1. The van der Waals surface area contributed by atoms with Crippen LogP contribution in [0, 0.1) is 5.92 Å². The SMILES string of the molecule is CC(C)CCC[C@@H](C)NCc1ccc2cnccc2c1. The van der Waals surface area contributed by atoms with Crippen LogP contribution in [0.5, 0.6) is 0 Å². The molecule has 0 saturated heterocycles. The van der Waals surface area contributed by atoms with Crippen LogP contribution in [-0.2, 0) is 6.54 Å². The maximum absolute atomic E-state index is 4.15. The van der Waals surface area contributed by atoms with Crippen LogP contribution >= 0.6 is 0 Å². The number of hydrogen-bond donors (Lipinski definition) is 1. The molecule has 0 aliphatic heterocycles. The quantitative estimate of drug-likeness (QED) is 0.799. The molecule has 0 unspecified atom stereocenters. The summed E-state index contributed by atoms with van der Waals surface area (Å²) in [6.45, 7) is 7.82. The van der Waals surface area contributed by atoms with Crippen molar-refractivity contribution in [1.29, 1.82) is 0 Å². The molecule has 1 aromatic heterocycles. The Kier molecular flexibility index (Phi) is 5.54. The first-order valence-electron chi connectivity index (χ1n) is 7.71. The Morgan fingerprint density at radius 2 is 1.90 bits per heavy atom. The highest BCUT2D eigenvalue weighted by atomic mass is 14.9. The third-order valence-corrected chi connectivity index (χ3v) is 3.78. The molecule has 1 atom stereocenters. The summed E-state index contributed by atoms with van der Waals surface area (Å²) in [6, 6.07) is 9.26. The zero-order chi connectivity index (χ0) is 14.4. The van der Waals surface area contributed by atoms with Crippen LogP contribution in [0.1, 0.15) is 45.6 Å². The number of benzene rings is 1. The van der Waals surface area contributed by atoms with Crippen molar-refractivity contribution in [2.24, 2.45) is 5.92 Å². The summed E-state index contributed by atoms with van der Waals surface area (Å²) in [4.78, 5) is 4.15. The molecule has 1 N–H and O–H groups in total. The Labute approximate surface area is 122 Å². The molecule has 20 heavy (non-hydrogen) atoms. The van der Waals surface area contributed by atoms with E-state index in [1.54, 1.807) is 0 Å². The number of nitrogens with zero attached hydrogens (tertiary/aromatic N) is 1. The lowest BCUT2D eigenvalue weighted by Gasteiger charge is -2.14. The first-order chi connectivity index (χ1) is 9.65. The fraction of sp³-hybridized carbons (Fsp3) is 0.500. The Balaban J connectivity index is 1.83. The van der Waals surface area contributed by atoms with Crippen molar-refractivity contribution in [3.8, 4) is 0 Å². The smallest absolute Gasteiger partial charge is 0.0346 e. The van der Waals surface area contributed by atoms with Gasteiger partial charge in [0.05, 0.1) is 0 Å². The number of aromatic nitrogens is 1. The van der Waals surface area contributed by atoms with Crippen molar-refractivity contribution >= 4 is 10.8 Å². The van der Waals surface area contributed by atoms with Gasteiger partial charge >= 0.3 is 0 Å². The molecule has 0 spiro atoms. The van der Waals surface area contributed by atoms with Gasteiger partial charge in [-0.1, -0.05) is 38.8 Å². The van der Waals surface area contributed by atoms with Crippen molar-refractivity contribution in [1.82, 2.24) is 10.3 Å². The van der Waals surface area contributed by atoms with Crippen molar-refractivity contribution in [3.63, 3.8) is 0 Å². The molecule has 1 heterocycles. The summed E-state index contributed by atoms with van der Waals surface area (Å²) in [5.41, 5.74) is 1.35. The zero-order valence-corrected chi connectivity index (χ0v) is 12.9. The standard InChI is InChI=1S/C18H26N2/c1-14(2)5-4-6-15(3)20-12-16-7-8-18-13-19-10-9-17(18)11-16/h7-11,13-15,20H,4-6,12H2,1-3H3/t15-/m1/s1. The van der Waals surface area contributed by atoms with E-state index < -0.39 is 0 Å². The van der Waals surface area contributed by atoms with Gasteiger partial charge in [0, 0.05) is 30.4 Å². The predicted octanol–water partition coefficient (Wildman–Crippen LogP) is 4.54. The third kappa shape index (κ3) is 4.61. The predicted molar refractivity (Wildman–Crippen MR) is 86.7 cm³/mol. The fourth-order valence-corrected chi connectivity index (χ4v) is 2.47. The highest BCUT2D eigenvalue weighted by Crippen LogP contribution is 2.15. The fourth-order valence-electron chi connectivity index (χ4n) is 2.47. The second-order valence-electron chi connectivity index (χ2n) is 6.16. The first kappa shape index (κ1) is 15.0. The van der Waals surface area contributed by atoms with Gasteiger partial charge in [0.25, 0.3) is 0 Å². The minimum atomic E-state index is 0.585. The largest absolute Gasteiger partial charge is 0.310 e.